The van der Waals surface area contributed by atoms with E-state index in [0.29, 0.717) is 21.6 Å². The van der Waals surface area contributed by atoms with Gasteiger partial charge in [-0.25, -0.2) is 4.98 Å². The maximum atomic E-state index is 10.9. The zero-order chi connectivity index (χ0) is 20.1. The van der Waals surface area contributed by atoms with Crippen LogP contribution in [0.2, 0.25) is 5.02 Å². The van der Waals surface area contributed by atoms with Crippen LogP contribution in [0.15, 0.2) is 48.0 Å². The van der Waals surface area contributed by atoms with Crippen molar-refractivity contribution in [3.63, 3.8) is 0 Å². The van der Waals surface area contributed by atoms with Crippen LogP contribution in [0.5, 0.6) is 0 Å². The van der Waals surface area contributed by atoms with Gasteiger partial charge in [0.25, 0.3) is 0 Å². The number of nitrogens with one attached hydrogen (secondary N) is 1. The molecule has 1 aliphatic rings. The predicted octanol–water partition coefficient (Wildman–Crippen LogP) is 1.47. The summed E-state index contributed by atoms with van der Waals surface area (Å²) in [6, 6.07) is 8.15. The van der Waals surface area contributed by atoms with Crippen LogP contribution in [0.4, 0.5) is 0 Å². The summed E-state index contributed by atoms with van der Waals surface area (Å²) in [5.74, 6) is 0. The Hall–Kier alpha value is -2.14. The van der Waals surface area contributed by atoms with Crippen molar-refractivity contribution in [1.29, 1.82) is 0 Å². The fourth-order valence-corrected chi connectivity index (χ4v) is 3.69. The number of halogens is 2. The Morgan fingerprint density at radius 2 is 2.00 bits per heavy atom. The van der Waals surface area contributed by atoms with E-state index >= 15 is 0 Å². The molecule has 1 aromatic carbocycles. The van der Waals surface area contributed by atoms with Crippen LogP contribution in [-0.4, -0.2) is 52.9 Å². The van der Waals surface area contributed by atoms with Crippen molar-refractivity contribution in [2.45, 2.75) is 37.1 Å². The Morgan fingerprint density at radius 3 is 2.66 bits per heavy atom. The van der Waals surface area contributed by atoms with Crippen LogP contribution in [0.1, 0.15) is 24.8 Å². The molecule has 1 aliphatic heterocycles. The largest absolute Gasteiger partial charge is 0.409 e. The summed E-state index contributed by atoms with van der Waals surface area (Å²) in [7, 11) is 0. The minimum atomic E-state index is -1.74. The summed E-state index contributed by atoms with van der Waals surface area (Å²) < 4.78 is 7.46. The minimum Gasteiger partial charge on any atom is -0.409 e. The molecule has 0 aliphatic carbocycles. The Bertz CT molecular complexity index is 1070. The number of aromatic nitrogens is 3. The minimum absolute atomic E-state index is 0. The highest BCUT2D eigenvalue weighted by Crippen LogP contribution is 2.43. The number of benzene rings is 1. The molecule has 9 nitrogen and oxygen atoms in total. The van der Waals surface area contributed by atoms with Crippen LogP contribution < -0.4 is 5.49 Å². The first-order valence-electron chi connectivity index (χ1n) is 8.56. The SMILES string of the molecule is C[C@@]1(O)[C@@H]([C@H](O)c2ccc(Cl)cc2)O[C@@H](n2ccc3/c(=N/O)nc[nH]c32)[C@@H]1O.Cl. The smallest absolute Gasteiger partial charge is 0.203 e. The van der Waals surface area contributed by atoms with Gasteiger partial charge < -0.3 is 34.8 Å². The average molecular weight is 443 g/mol. The fourth-order valence-electron chi connectivity index (χ4n) is 3.56. The number of fused-ring (bicyclic) bond motifs is 1. The van der Waals surface area contributed by atoms with Gasteiger partial charge in [0, 0.05) is 11.2 Å². The predicted molar refractivity (Wildman–Crippen MR) is 106 cm³/mol. The third-order valence-electron chi connectivity index (χ3n) is 5.14. The van der Waals surface area contributed by atoms with E-state index < -0.39 is 30.1 Å². The highest BCUT2D eigenvalue weighted by Gasteiger charge is 2.55. The molecule has 156 valence electrons. The molecule has 1 fully saturated rings. The van der Waals surface area contributed by atoms with E-state index in [1.54, 1.807) is 41.1 Å². The lowest BCUT2D eigenvalue weighted by molar-refractivity contribution is -0.115. The number of hydrogen-bond acceptors (Lipinski definition) is 7. The molecule has 29 heavy (non-hydrogen) atoms. The van der Waals surface area contributed by atoms with E-state index in [1.165, 1.54) is 13.3 Å². The normalized spacial score (nSPS) is 28.4. The Labute approximate surface area is 176 Å². The van der Waals surface area contributed by atoms with Gasteiger partial charge in [0.2, 0.25) is 5.49 Å². The van der Waals surface area contributed by atoms with Crippen LogP contribution in [0, 0.1) is 0 Å². The van der Waals surface area contributed by atoms with Gasteiger partial charge in [-0.1, -0.05) is 28.9 Å². The first-order valence-corrected chi connectivity index (χ1v) is 8.94. The molecule has 3 heterocycles. The second kappa shape index (κ2) is 7.94. The van der Waals surface area contributed by atoms with Gasteiger partial charge in [-0.15, -0.1) is 12.4 Å². The first kappa shape index (κ1) is 21.6. The number of nitrogens with zero attached hydrogens (tertiary/aromatic N) is 3. The maximum Gasteiger partial charge on any atom is 0.203 e. The number of aliphatic hydroxyl groups excluding tert-OH is 2. The van der Waals surface area contributed by atoms with Gasteiger partial charge in [0.05, 0.1) is 11.7 Å². The molecule has 4 rings (SSSR count). The summed E-state index contributed by atoms with van der Waals surface area (Å²) >= 11 is 5.89. The molecule has 2 aromatic heterocycles. The topological polar surface area (TPSA) is 136 Å². The lowest BCUT2D eigenvalue weighted by atomic mass is 9.88. The monoisotopic (exact) mass is 442 g/mol. The average Bonchev–Trinajstić information content (AvgIpc) is 3.21. The molecule has 0 radical (unpaired) electrons. The second-order valence-electron chi connectivity index (χ2n) is 6.93. The number of rotatable bonds is 3. The Balaban J connectivity index is 0.00000240. The molecule has 0 amide bonds. The van der Waals surface area contributed by atoms with Crippen LogP contribution in [0.25, 0.3) is 11.0 Å². The van der Waals surface area contributed by atoms with Crippen molar-refractivity contribution in [3.05, 3.63) is 58.9 Å². The first-order chi connectivity index (χ1) is 13.3. The Kier molecular flexibility index (Phi) is 5.91. The fraction of sp³-hybridized carbons (Fsp3) is 0.333. The number of hydrogen-bond donors (Lipinski definition) is 5. The second-order valence-corrected chi connectivity index (χ2v) is 7.36. The maximum absolute atomic E-state index is 10.9. The summed E-state index contributed by atoms with van der Waals surface area (Å²) in [6.07, 6.45) is -1.68. The van der Waals surface area contributed by atoms with E-state index in [-0.39, 0.29) is 17.9 Å². The van der Waals surface area contributed by atoms with Crippen molar-refractivity contribution in [2.24, 2.45) is 5.16 Å². The van der Waals surface area contributed by atoms with E-state index in [2.05, 4.69) is 15.1 Å². The number of ether oxygens (including phenoxy) is 1. The molecule has 5 atom stereocenters. The van der Waals surface area contributed by atoms with Crippen molar-refractivity contribution in [1.82, 2.24) is 14.5 Å². The van der Waals surface area contributed by atoms with Gasteiger partial charge in [0.15, 0.2) is 6.23 Å². The molecular formula is C18H20Cl2N4O5. The highest BCUT2D eigenvalue weighted by molar-refractivity contribution is 6.30. The molecule has 0 saturated carbocycles. The zero-order valence-corrected chi connectivity index (χ0v) is 16.7. The van der Waals surface area contributed by atoms with Crippen molar-refractivity contribution in [3.8, 4) is 0 Å². The Morgan fingerprint density at radius 1 is 1.31 bits per heavy atom. The van der Waals surface area contributed by atoms with Gasteiger partial charge in [-0.2, -0.15) is 0 Å². The van der Waals surface area contributed by atoms with Crippen molar-refractivity contribution in [2.75, 3.05) is 0 Å². The summed E-state index contributed by atoms with van der Waals surface area (Å²) in [4.78, 5) is 6.83. The van der Waals surface area contributed by atoms with Gasteiger partial charge in [-0.05, 0) is 30.7 Å². The molecule has 0 spiro atoms. The van der Waals surface area contributed by atoms with Crippen molar-refractivity contribution < 1.29 is 25.3 Å². The van der Waals surface area contributed by atoms with E-state index in [9.17, 15) is 15.3 Å². The van der Waals surface area contributed by atoms with Gasteiger partial charge in [0.1, 0.15) is 29.6 Å². The van der Waals surface area contributed by atoms with E-state index in [4.69, 9.17) is 21.5 Å². The molecule has 3 aromatic rings. The zero-order valence-electron chi connectivity index (χ0n) is 15.2. The summed E-state index contributed by atoms with van der Waals surface area (Å²) in [6.45, 7) is 1.41. The highest BCUT2D eigenvalue weighted by atomic mass is 35.5. The summed E-state index contributed by atoms with van der Waals surface area (Å²) in [5, 5.41) is 45.6. The molecule has 1 saturated heterocycles. The third kappa shape index (κ3) is 3.50. The summed E-state index contributed by atoms with van der Waals surface area (Å²) in [5.41, 5.74) is -0.664. The molecule has 0 unspecified atom stereocenters. The van der Waals surface area contributed by atoms with Crippen molar-refractivity contribution >= 4 is 35.0 Å². The van der Waals surface area contributed by atoms with E-state index in [0.717, 1.165) is 0 Å². The number of H-pyrrole nitrogens is 1. The van der Waals surface area contributed by atoms with Crippen LogP contribution in [-0.2, 0) is 4.74 Å². The molecule has 0 bridgehead atoms. The van der Waals surface area contributed by atoms with Gasteiger partial charge in [-0.3, -0.25) is 0 Å². The van der Waals surface area contributed by atoms with Crippen LogP contribution >= 0.6 is 24.0 Å². The lowest BCUT2D eigenvalue weighted by Gasteiger charge is -2.29. The molecule has 11 heteroatoms. The quantitative estimate of drug-likeness (QED) is 0.307. The standard InChI is InChI=1S/C18H19ClN4O5.ClH/c1-18(26)13(25)17(23-7-6-11-15(22-27)20-8-21-16(11)23)28-14(18)12(24)9-2-4-10(19)5-3-9;/h2-8,12-14,17,24-27H,1H3,(H,20,21,22);1H/t12-,13+,14-,17-,18+;/m1./s1. The molecule has 5 N–H and O–H groups in total. The number of aliphatic hydroxyl groups is 3. The van der Waals surface area contributed by atoms with Crippen LogP contribution in [0.3, 0.4) is 0 Å². The van der Waals surface area contributed by atoms with Gasteiger partial charge >= 0.3 is 0 Å². The lowest BCUT2D eigenvalue weighted by Crippen LogP contribution is -2.47. The number of aromatic amines is 1. The van der Waals surface area contributed by atoms with E-state index in [1.807, 2.05) is 0 Å². The molecular weight excluding hydrogens is 423 g/mol. The third-order valence-corrected chi connectivity index (χ3v) is 5.39.